The normalized spacial score (nSPS) is 15.4. The third-order valence-electron chi connectivity index (χ3n) is 3.78. The van der Waals surface area contributed by atoms with Crippen molar-refractivity contribution in [3.05, 3.63) is 70.5 Å². The number of benzene rings is 2. The van der Waals surface area contributed by atoms with Crippen LogP contribution in [0.5, 0.6) is 5.75 Å². The Hall–Kier alpha value is -2.35. The average molecular weight is 278 g/mol. The van der Waals surface area contributed by atoms with Crippen molar-refractivity contribution >= 4 is 11.9 Å². The van der Waals surface area contributed by atoms with Crippen LogP contribution in [0.15, 0.2) is 48.2 Å². The molecular weight excluding hydrogens is 260 g/mol. The van der Waals surface area contributed by atoms with Gasteiger partial charge in [0.25, 0.3) is 0 Å². The molecule has 0 saturated carbocycles. The zero-order valence-electron chi connectivity index (χ0n) is 12.5. The third-order valence-corrected chi connectivity index (χ3v) is 3.78. The summed E-state index contributed by atoms with van der Waals surface area (Å²) in [6.07, 6.45) is 1.81. The van der Waals surface area contributed by atoms with E-state index in [0.717, 1.165) is 22.4 Å². The summed E-state index contributed by atoms with van der Waals surface area (Å²) in [5, 5.41) is 0. The van der Waals surface area contributed by atoms with Crippen LogP contribution in [0, 0.1) is 6.92 Å². The topological polar surface area (TPSA) is 26.3 Å². The van der Waals surface area contributed by atoms with E-state index in [-0.39, 0.29) is 5.78 Å². The summed E-state index contributed by atoms with van der Waals surface area (Å²) >= 11 is 0. The number of ketones is 1. The summed E-state index contributed by atoms with van der Waals surface area (Å²) in [6, 6.07) is 13.8. The second kappa shape index (κ2) is 5.21. The molecule has 0 aromatic heterocycles. The van der Waals surface area contributed by atoms with Crippen LogP contribution < -0.4 is 4.74 Å². The first-order valence-corrected chi connectivity index (χ1v) is 7.20. The first kappa shape index (κ1) is 13.6. The number of carbonyl (C=O) groups excluding carboxylic acids is 1. The Kier molecular flexibility index (Phi) is 3.38. The van der Waals surface area contributed by atoms with Gasteiger partial charge in [-0.3, -0.25) is 4.79 Å². The number of Topliss-reactive ketones (excluding diaryl/α,β-unsaturated/α-hetero) is 1. The molecule has 0 amide bonds. The summed E-state index contributed by atoms with van der Waals surface area (Å²) in [5.74, 6) is 1.45. The van der Waals surface area contributed by atoms with E-state index in [2.05, 4.69) is 19.9 Å². The molecule has 0 fully saturated rings. The molecule has 0 bridgehead atoms. The highest BCUT2D eigenvalue weighted by molar-refractivity contribution is 6.15. The second-order valence-electron chi connectivity index (χ2n) is 5.68. The van der Waals surface area contributed by atoms with Crippen LogP contribution >= 0.6 is 0 Å². The lowest BCUT2D eigenvalue weighted by molar-refractivity contribution is 0.101. The molecule has 106 valence electrons. The van der Waals surface area contributed by atoms with Crippen molar-refractivity contribution in [3.8, 4) is 5.75 Å². The van der Waals surface area contributed by atoms with Crippen LogP contribution in [0.4, 0.5) is 0 Å². The van der Waals surface area contributed by atoms with Gasteiger partial charge in [0.1, 0.15) is 5.75 Å². The van der Waals surface area contributed by atoms with E-state index in [4.69, 9.17) is 4.74 Å². The van der Waals surface area contributed by atoms with Crippen molar-refractivity contribution in [3.63, 3.8) is 0 Å². The van der Waals surface area contributed by atoms with E-state index >= 15 is 0 Å². The van der Waals surface area contributed by atoms with Crippen molar-refractivity contribution in [2.75, 3.05) is 0 Å². The standard InChI is InChI=1S/C19H18O2/c1-12(2)15-10-9-13(3)17-18(20)16(21-19(15)17)11-14-7-5-4-6-8-14/h4-12H,1-3H3/b16-11-. The summed E-state index contributed by atoms with van der Waals surface area (Å²) in [6.45, 7) is 6.17. The van der Waals surface area contributed by atoms with Gasteiger partial charge in [-0.2, -0.15) is 0 Å². The molecule has 2 aromatic carbocycles. The molecule has 2 nitrogen and oxygen atoms in total. The molecule has 0 aliphatic carbocycles. The van der Waals surface area contributed by atoms with Crippen LogP contribution in [-0.4, -0.2) is 5.78 Å². The number of hydrogen-bond acceptors (Lipinski definition) is 2. The lowest BCUT2D eigenvalue weighted by Crippen LogP contribution is -1.99. The molecule has 0 unspecified atom stereocenters. The fourth-order valence-electron chi connectivity index (χ4n) is 2.62. The molecule has 3 rings (SSSR count). The molecule has 2 heteroatoms. The molecule has 0 spiro atoms. The summed E-state index contributed by atoms with van der Waals surface area (Å²) in [5.41, 5.74) is 3.73. The van der Waals surface area contributed by atoms with E-state index in [0.29, 0.717) is 17.2 Å². The van der Waals surface area contributed by atoms with Gasteiger partial charge in [0.15, 0.2) is 5.76 Å². The SMILES string of the molecule is Cc1ccc(C(C)C)c2c1C(=O)/C(=C/c1ccccc1)O2. The van der Waals surface area contributed by atoms with Crippen molar-refractivity contribution in [2.24, 2.45) is 0 Å². The molecule has 1 aliphatic rings. The number of hydrogen-bond donors (Lipinski definition) is 0. The Morgan fingerprint density at radius 3 is 2.43 bits per heavy atom. The van der Waals surface area contributed by atoms with Crippen molar-refractivity contribution in [1.29, 1.82) is 0 Å². The van der Waals surface area contributed by atoms with Crippen LogP contribution in [0.3, 0.4) is 0 Å². The molecule has 0 N–H and O–H groups in total. The monoisotopic (exact) mass is 278 g/mol. The van der Waals surface area contributed by atoms with Gasteiger partial charge in [-0.05, 0) is 35.6 Å². The van der Waals surface area contributed by atoms with Crippen LogP contribution in [-0.2, 0) is 0 Å². The summed E-state index contributed by atoms with van der Waals surface area (Å²) < 4.78 is 5.91. The van der Waals surface area contributed by atoms with Gasteiger partial charge < -0.3 is 4.74 Å². The molecule has 0 atom stereocenters. The maximum atomic E-state index is 12.6. The fourth-order valence-corrected chi connectivity index (χ4v) is 2.62. The minimum atomic E-state index is -0.0196. The highest BCUT2D eigenvalue weighted by Gasteiger charge is 2.31. The third kappa shape index (κ3) is 2.38. The van der Waals surface area contributed by atoms with Gasteiger partial charge in [-0.15, -0.1) is 0 Å². The van der Waals surface area contributed by atoms with Crippen molar-refractivity contribution < 1.29 is 9.53 Å². The predicted octanol–water partition coefficient (Wildman–Crippen LogP) is 4.73. The minimum absolute atomic E-state index is 0.0196. The number of carbonyl (C=O) groups is 1. The van der Waals surface area contributed by atoms with E-state index in [9.17, 15) is 4.79 Å². The highest BCUT2D eigenvalue weighted by atomic mass is 16.5. The summed E-state index contributed by atoms with van der Waals surface area (Å²) in [4.78, 5) is 12.6. The first-order valence-electron chi connectivity index (χ1n) is 7.20. The Bertz CT molecular complexity index is 725. The number of aryl methyl sites for hydroxylation is 1. The maximum Gasteiger partial charge on any atom is 0.232 e. The highest BCUT2D eigenvalue weighted by Crippen LogP contribution is 2.40. The van der Waals surface area contributed by atoms with E-state index < -0.39 is 0 Å². The molecule has 0 radical (unpaired) electrons. The van der Waals surface area contributed by atoms with Crippen LogP contribution in [0.25, 0.3) is 6.08 Å². The number of rotatable bonds is 2. The van der Waals surface area contributed by atoms with E-state index in [1.54, 1.807) is 0 Å². The van der Waals surface area contributed by atoms with Gasteiger partial charge >= 0.3 is 0 Å². The van der Waals surface area contributed by atoms with Gasteiger partial charge in [0, 0.05) is 0 Å². The number of allylic oxidation sites excluding steroid dienone is 1. The van der Waals surface area contributed by atoms with Gasteiger partial charge in [0.2, 0.25) is 5.78 Å². The average Bonchev–Trinajstić information content (AvgIpc) is 2.78. The quantitative estimate of drug-likeness (QED) is 0.742. The Morgan fingerprint density at radius 2 is 1.76 bits per heavy atom. The largest absolute Gasteiger partial charge is 0.452 e. The fraction of sp³-hybridized carbons (Fsp3) is 0.211. The van der Waals surface area contributed by atoms with Gasteiger partial charge in [0.05, 0.1) is 5.56 Å². The number of ether oxygens (including phenoxy) is 1. The molecule has 21 heavy (non-hydrogen) atoms. The van der Waals surface area contributed by atoms with Crippen LogP contribution in [0.1, 0.15) is 46.8 Å². The van der Waals surface area contributed by atoms with Gasteiger partial charge in [-0.1, -0.05) is 56.3 Å². The zero-order chi connectivity index (χ0) is 15.0. The molecule has 0 saturated heterocycles. The minimum Gasteiger partial charge on any atom is -0.452 e. The molecule has 1 aliphatic heterocycles. The van der Waals surface area contributed by atoms with Crippen LogP contribution in [0.2, 0.25) is 0 Å². The van der Waals surface area contributed by atoms with Gasteiger partial charge in [-0.25, -0.2) is 0 Å². The smallest absolute Gasteiger partial charge is 0.232 e. The first-order chi connectivity index (χ1) is 10.1. The maximum absolute atomic E-state index is 12.6. The Labute approximate surface area is 125 Å². The number of fused-ring (bicyclic) bond motifs is 1. The predicted molar refractivity (Wildman–Crippen MR) is 84.6 cm³/mol. The molecule has 2 aromatic rings. The van der Waals surface area contributed by atoms with E-state index in [1.807, 2.05) is 49.4 Å². The van der Waals surface area contributed by atoms with E-state index in [1.165, 1.54) is 0 Å². The van der Waals surface area contributed by atoms with Crippen molar-refractivity contribution in [2.45, 2.75) is 26.7 Å². The second-order valence-corrected chi connectivity index (χ2v) is 5.68. The molecule has 1 heterocycles. The lowest BCUT2D eigenvalue weighted by atomic mass is 9.95. The zero-order valence-corrected chi connectivity index (χ0v) is 12.5. The lowest BCUT2D eigenvalue weighted by Gasteiger charge is -2.11. The summed E-state index contributed by atoms with van der Waals surface area (Å²) in [7, 11) is 0. The molecular formula is C19H18O2. The van der Waals surface area contributed by atoms with Crippen molar-refractivity contribution in [1.82, 2.24) is 0 Å². The Morgan fingerprint density at radius 1 is 1.05 bits per heavy atom. The Balaban J connectivity index is 2.08.